The minimum absolute atomic E-state index is 0.103. The molecule has 1 saturated heterocycles. The molecule has 0 amide bonds. The van der Waals surface area contributed by atoms with Gasteiger partial charge in [-0.15, -0.1) is 0 Å². The largest absolute Gasteiger partial charge is 0.479 e. The van der Waals surface area contributed by atoms with Crippen LogP contribution in [0.4, 0.5) is 0 Å². The number of aliphatic hydroxyl groups excluding tert-OH is 5. The molecule has 7 N–H and O–H groups in total. The summed E-state index contributed by atoms with van der Waals surface area (Å²) in [6.07, 6.45) is -1.32. The summed E-state index contributed by atoms with van der Waals surface area (Å²) < 4.78 is 11.4. The van der Waals surface area contributed by atoms with Gasteiger partial charge in [0.05, 0.1) is 23.9 Å². The molecule has 0 spiro atoms. The molecule has 5 rings (SSSR count). The average molecular weight is 613 g/mol. The number of aliphatic hydroxyl groups is 6. The average Bonchev–Trinajstić information content (AvgIpc) is 3.27. The second-order valence-electron chi connectivity index (χ2n) is 16.0. The molecule has 10 nitrogen and oxygen atoms in total. The highest BCUT2D eigenvalue weighted by Gasteiger charge is 2.66. The highest BCUT2D eigenvalue weighted by Crippen LogP contribution is 2.68. The Morgan fingerprint density at radius 1 is 0.977 bits per heavy atom. The summed E-state index contributed by atoms with van der Waals surface area (Å²) in [5, 5.41) is 73.9. The summed E-state index contributed by atoms with van der Waals surface area (Å²) in [4.78, 5) is 11.5. The number of carbonyl (C=O) groups is 1. The Morgan fingerprint density at radius 3 is 2.33 bits per heavy atom. The summed E-state index contributed by atoms with van der Waals surface area (Å²) in [5.74, 6) is 0.0205. The number of ether oxygens (including phenoxy) is 2. The molecule has 0 radical (unpaired) electrons. The molecule has 1 heterocycles. The molecule has 0 aromatic carbocycles. The fourth-order valence-corrected chi connectivity index (χ4v) is 10.7. The Kier molecular flexibility index (Phi) is 9.40. The van der Waals surface area contributed by atoms with Gasteiger partial charge in [-0.2, -0.15) is 0 Å². The van der Waals surface area contributed by atoms with E-state index in [2.05, 4.69) is 20.8 Å². The van der Waals surface area contributed by atoms with E-state index in [0.29, 0.717) is 37.5 Å². The first kappa shape index (κ1) is 33.5. The van der Waals surface area contributed by atoms with Crippen LogP contribution in [0, 0.1) is 46.3 Å². The minimum atomic E-state index is -1.76. The van der Waals surface area contributed by atoms with Crippen molar-refractivity contribution in [1.29, 1.82) is 0 Å². The predicted molar refractivity (Wildman–Crippen MR) is 156 cm³/mol. The van der Waals surface area contributed by atoms with Crippen LogP contribution in [0.5, 0.6) is 0 Å². The maximum atomic E-state index is 11.9. The monoisotopic (exact) mass is 612 g/mol. The molecule has 16 atom stereocenters. The number of hydrogen-bond acceptors (Lipinski definition) is 9. The summed E-state index contributed by atoms with van der Waals surface area (Å²) in [7, 11) is 0. The van der Waals surface area contributed by atoms with E-state index < -0.39 is 54.5 Å². The van der Waals surface area contributed by atoms with Crippen LogP contribution in [0.15, 0.2) is 0 Å². The molecule has 4 saturated carbocycles. The summed E-state index contributed by atoms with van der Waals surface area (Å²) in [5.41, 5.74) is -1.02. The Hall–Kier alpha value is -0.850. The Bertz CT molecular complexity index is 1000. The van der Waals surface area contributed by atoms with Gasteiger partial charge in [0.1, 0.15) is 18.3 Å². The molecule has 0 aromatic rings. The van der Waals surface area contributed by atoms with Crippen molar-refractivity contribution in [1.82, 2.24) is 0 Å². The van der Waals surface area contributed by atoms with Crippen molar-refractivity contribution in [2.24, 2.45) is 46.3 Å². The normalized spacial score (nSPS) is 50.8. The fraction of sp³-hybridized carbons (Fsp3) is 0.970. The van der Waals surface area contributed by atoms with E-state index in [1.807, 2.05) is 13.8 Å². The molecule has 6 unspecified atom stereocenters. The van der Waals surface area contributed by atoms with Crippen LogP contribution >= 0.6 is 0 Å². The molecular weight excluding hydrogens is 556 g/mol. The van der Waals surface area contributed by atoms with Gasteiger partial charge in [-0.3, -0.25) is 0 Å². The quantitative estimate of drug-likeness (QED) is 0.202. The van der Waals surface area contributed by atoms with Crippen molar-refractivity contribution in [3.8, 4) is 0 Å². The van der Waals surface area contributed by atoms with Crippen molar-refractivity contribution in [2.45, 2.75) is 153 Å². The third-order valence-electron chi connectivity index (χ3n) is 13.1. The van der Waals surface area contributed by atoms with Crippen molar-refractivity contribution in [3.63, 3.8) is 0 Å². The Labute approximate surface area is 255 Å². The number of rotatable bonds is 8. The molecule has 248 valence electrons. The van der Waals surface area contributed by atoms with Crippen LogP contribution in [0.1, 0.15) is 98.8 Å². The summed E-state index contributed by atoms with van der Waals surface area (Å²) in [6.45, 7) is 10.6. The van der Waals surface area contributed by atoms with Gasteiger partial charge < -0.3 is 45.2 Å². The number of hydrogen-bond donors (Lipinski definition) is 7. The van der Waals surface area contributed by atoms with E-state index in [1.165, 1.54) is 0 Å². The zero-order chi connectivity index (χ0) is 31.6. The predicted octanol–water partition coefficient (Wildman–Crippen LogP) is 2.44. The van der Waals surface area contributed by atoms with Crippen LogP contribution in [0.3, 0.4) is 0 Å². The highest BCUT2D eigenvalue weighted by atomic mass is 16.7. The van der Waals surface area contributed by atoms with Crippen LogP contribution in [0.25, 0.3) is 0 Å². The van der Waals surface area contributed by atoms with Gasteiger partial charge in [-0.05, 0) is 112 Å². The second-order valence-corrected chi connectivity index (χ2v) is 16.0. The molecule has 1 aliphatic heterocycles. The van der Waals surface area contributed by atoms with Gasteiger partial charge in [-0.1, -0.05) is 33.6 Å². The Morgan fingerprint density at radius 2 is 1.67 bits per heavy atom. The second kappa shape index (κ2) is 12.1. The van der Waals surface area contributed by atoms with Crippen molar-refractivity contribution in [2.75, 3.05) is 0 Å². The summed E-state index contributed by atoms with van der Waals surface area (Å²) in [6, 6.07) is 0. The number of carboxylic acid groups (broad SMARTS) is 1. The molecule has 5 aliphatic rings. The number of carboxylic acids is 1. The number of aliphatic carboxylic acids is 1. The van der Waals surface area contributed by atoms with Gasteiger partial charge in [0.2, 0.25) is 0 Å². The van der Waals surface area contributed by atoms with E-state index in [0.717, 1.165) is 38.5 Å². The van der Waals surface area contributed by atoms with E-state index in [9.17, 15) is 40.5 Å². The molecule has 0 aromatic heterocycles. The lowest BCUT2D eigenvalue weighted by atomic mass is 9.43. The molecule has 43 heavy (non-hydrogen) atoms. The van der Waals surface area contributed by atoms with E-state index in [1.54, 1.807) is 0 Å². The standard InChI is InChI=1S/C33H56O10/c1-16(7-6-11-31(2,3)41)19-8-9-20-24-21(15-23(35)33(19,20)5)32(4)12-10-18(13-17(32)14-22(24)34)42-30-27(38)25(36)26(37)28(43-30)29(39)40/h16-28,30,34-38,41H,6-15H2,1-5H3,(H,39,40)/t16-,17?,18?,19-,20?,21?,22?,23-,24?,25-,26+,27-,28+,30-,32+,33-/m1/s1. The third kappa shape index (κ3) is 5.93. The van der Waals surface area contributed by atoms with E-state index in [4.69, 9.17) is 9.47 Å². The van der Waals surface area contributed by atoms with Crippen LogP contribution in [-0.2, 0) is 14.3 Å². The smallest absolute Gasteiger partial charge is 0.335 e. The van der Waals surface area contributed by atoms with Gasteiger partial charge in [-0.25, -0.2) is 4.79 Å². The maximum Gasteiger partial charge on any atom is 0.335 e. The first-order valence-electron chi connectivity index (χ1n) is 16.7. The lowest BCUT2D eigenvalue weighted by Crippen LogP contribution is -2.63. The topological polar surface area (TPSA) is 177 Å². The lowest BCUT2D eigenvalue weighted by Gasteiger charge is -2.63. The molecule has 0 bridgehead atoms. The molecule has 4 aliphatic carbocycles. The summed E-state index contributed by atoms with van der Waals surface area (Å²) >= 11 is 0. The van der Waals surface area contributed by atoms with Crippen LogP contribution in [-0.4, -0.2) is 96.3 Å². The van der Waals surface area contributed by atoms with Crippen molar-refractivity contribution in [3.05, 3.63) is 0 Å². The van der Waals surface area contributed by atoms with Crippen LogP contribution in [0.2, 0.25) is 0 Å². The molecule has 10 heteroatoms. The van der Waals surface area contributed by atoms with Gasteiger partial charge in [0.25, 0.3) is 0 Å². The highest BCUT2D eigenvalue weighted by molar-refractivity contribution is 5.73. The van der Waals surface area contributed by atoms with Gasteiger partial charge in [0, 0.05) is 0 Å². The van der Waals surface area contributed by atoms with Crippen LogP contribution < -0.4 is 0 Å². The zero-order valence-corrected chi connectivity index (χ0v) is 26.5. The maximum absolute atomic E-state index is 11.9. The molecular formula is C33H56O10. The first-order valence-corrected chi connectivity index (χ1v) is 16.7. The SMILES string of the molecule is C[C@H](CCCC(C)(C)O)[C@H]1CCC2C3C(O)CC4CC(O[C@@H]5O[C@H](C(=O)O)[C@@H](O)[C@@H](O)[C@H]5O)CC[C@]4(C)C3C[C@@H](O)[C@@]21C. The lowest BCUT2D eigenvalue weighted by molar-refractivity contribution is -0.310. The van der Waals surface area contributed by atoms with Gasteiger partial charge >= 0.3 is 5.97 Å². The van der Waals surface area contributed by atoms with Crippen molar-refractivity contribution >= 4 is 5.97 Å². The van der Waals surface area contributed by atoms with E-state index in [-0.39, 0.29) is 40.6 Å². The minimum Gasteiger partial charge on any atom is -0.479 e. The van der Waals surface area contributed by atoms with Crippen molar-refractivity contribution < 1.29 is 50.0 Å². The fourth-order valence-electron chi connectivity index (χ4n) is 10.7. The Balaban J connectivity index is 1.27. The van der Waals surface area contributed by atoms with E-state index >= 15 is 0 Å². The van der Waals surface area contributed by atoms with Gasteiger partial charge in [0.15, 0.2) is 12.4 Å². The number of fused-ring (bicyclic) bond motifs is 5. The third-order valence-corrected chi connectivity index (χ3v) is 13.1. The first-order chi connectivity index (χ1) is 20.0. The zero-order valence-electron chi connectivity index (χ0n) is 26.5. The molecule has 5 fully saturated rings.